The van der Waals surface area contributed by atoms with Gasteiger partial charge in [-0.05, 0) is 45.0 Å². The number of hydrogen-bond donors (Lipinski definition) is 1. The summed E-state index contributed by atoms with van der Waals surface area (Å²) in [6.45, 7) is 6.88. The van der Waals surface area contributed by atoms with Crippen LogP contribution in [0.5, 0.6) is 11.5 Å². The smallest absolute Gasteiger partial charge is 0.255 e. The Kier molecular flexibility index (Phi) is 5.42. The van der Waals surface area contributed by atoms with Crippen LogP contribution in [0.25, 0.3) is 0 Å². The molecular formula is C18H21NO3. The van der Waals surface area contributed by atoms with Crippen molar-refractivity contribution in [3.8, 4) is 11.5 Å². The number of carbonyl (C=O) groups excluding carboxylic acids is 1. The molecular weight excluding hydrogens is 278 g/mol. The third kappa shape index (κ3) is 4.01. The van der Waals surface area contributed by atoms with Crippen molar-refractivity contribution in [2.45, 2.75) is 20.8 Å². The zero-order valence-corrected chi connectivity index (χ0v) is 13.2. The number of hydrogen-bond acceptors (Lipinski definition) is 3. The molecule has 4 nitrogen and oxygen atoms in total. The van der Waals surface area contributed by atoms with Crippen molar-refractivity contribution in [2.24, 2.45) is 0 Å². The van der Waals surface area contributed by atoms with E-state index in [1.165, 1.54) is 0 Å². The Bertz CT molecular complexity index is 653. The first-order valence-electron chi connectivity index (χ1n) is 7.41. The number of carbonyl (C=O) groups is 1. The van der Waals surface area contributed by atoms with Crippen LogP contribution >= 0.6 is 0 Å². The molecule has 0 unspecified atom stereocenters. The Hall–Kier alpha value is -2.49. The van der Waals surface area contributed by atoms with E-state index in [0.29, 0.717) is 36.0 Å². The molecule has 22 heavy (non-hydrogen) atoms. The molecule has 2 aromatic carbocycles. The minimum Gasteiger partial charge on any atom is -0.494 e. The minimum atomic E-state index is -0.168. The highest BCUT2D eigenvalue weighted by Gasteiger charge is 2.11. The summed E-state index contributed by atoms with van der Waals surface area (Å²) in [5.41, 5.74) is 2.27. The SMILES string of the molecule is CCOc1ccc(OCC)c(NC(=O)c2cccc(C)c2)c1. The van der Waals surface area contributed by atoms with Crippen LogP contribution in [0.4, 0.5) is 5.69 Å². The second-order valence-corrected chi connectivity index (χ2v) is 4.85. The summed E-state index contributed by atoms with van der Waals surface area (Å²) in [6, 6.07) is 12.9. The van der Waals surface area contributed by atoms with E-state index in [1.807, 2.05) is 45.0 Å². The van der Waals surface area contributed by atoms with E-state index in [0.717, 1.165) is 5.56 Å². The summed E-state index contributed by atoms with van der Waals surface area (Å²) in [7, 11) is 0. The second kappa shape index (κ2) is 7.50. The van der Waals surface area contributed by atoms with Crippen molar-refractivity contribution >= 4 is 11.6 Å². The summed E-state index contributed by atoms with van der Waals surface area (Å²) in [4.78, 5) is 12.4. The third-order valence-corrected chi connectivity index (χ3v) is 3.09. The van der Waals surface area contributed by atoms with Crippen molar-refractivity contribution in [1.82, 2.24) is 0 Å². The normalized spacial score (nSPS) is 10.1. The lowest BCUT2D eigenvalue weighted by atomic mass is 10.1. The molecule has 0 saturated carbocycles. The lowest BCUT2D eigenvalue weighted by Crippen LogP contribution is -2.13. The van der Waals surface area contributed by atoms with Crippen LogP contribution in [0.2, 0.25) is 0 Å². The quantitative estimate of drug-likeness (QED) is 0.875. The van der Waals surface area contributed by atoms with Gasteiger partial charge in [0, 0.05) is 11.6 Å². The molecule has 0 fully saturated rings. The molecule has 0 saturated heterocycles. The average Bonchev–Trinajstić information content (AvgIpc) is 2.50. The maximum atomic E-state index is 12.4. The molecule has 0 aliphatic rings. The molecule has 1 amide bonds. The van der Waals surface area contributed by atoms with Crippen LogP contribution < -0.4 is 14.8 Å². The first kappa shape index (κ1) is 15.9. The van der Waals surface area contributed by atoms with Gasteiger partial charge in [0.15, 0.2) is 0 Å². The van der Waals surface area contributed by atoms with Crippen LogP contribution in [-0.4, -0.2) is 19.1 Å². The van der Waals surface area contributed by atoms with Crippen molar-refractivity contribution in [3.63, 3.8) is 0 Å². The van der Waals surface area contributed by atoms with Crippen LogP contribution in [0.15, 0.2) is 42.5 Å². The van der Waals surface area contributed by atoms with Gasteiger partial charge >= 0.3 is 0 Å². The monoisotopic (exact) mass is 299 g/mol. The molecule has 0 aromatic heterocycles. The zero-order valence-electron chi connectivity index (χ0n) is 13.2. The minimum absolute atomic E-state index is 0.168. The van der Waals surface area contributed by atoms with Crippen molar-refractivity contribution in [3.05, 3.63) is 53.6 Å². The Morgan fingerprint density at radius 1 is 1.05 bits per heavy atom. The standard InChI is InChI=1S/C18H21NO3/c1-4-21-15-9-10-17(22-5-2)16(12-15)19-18(20)14-8-6-7-13(3)11-14/h6-12H,4-5H2,1-3H3,(H,19,20). The zero-order chi connectivity index (χ0) is 15.9. The van der Waals surface area contributed by atoms with Gasteiger partial charge < -0.3 is 14.8 Å². The second-order valence-electron chi connectivity index (χ2n) is 4.85. The number of benzene rings is 2. The van der Waals surface area contributed by atoms with E-state index in [9.17, 15) is 4.79 Å². The molecule has 0 heterocycles. The number of nitrogens with one attached hydrogen (secondary N) is 1. The lowest BCUT2D eigenvalue weighted by molar-refractivity contribution is 0.102. The van der Waals surface area contributed by atoms with Crippen molar-refractivity contribution < 1.29 is 14.3 Å². The molecule has 0 bridgehead atoms. The van der Waals surface area contributed by atoms with Gasteiger partial charge in [0.1, 0.15) is 11.5 Å². The first-order valence-corrected chi connectivity index (χ1v) is 7.41. The number of amides is 1. The van der Waals surface area contributed by atoms with Gasteiger partial charge in [-0.25, -0.2) is 0 Å². The van der Waals surface area contributed by atoms with Gasteiger partial charge in [-0.2, -0.15) is 0 Å². The van der Waals surface area contributed by atoms with Gasteiger partial charge in [-0.15, -0.1) is 0 Å². The van der Waals surface area contributed by atoms with E-state index >= 15 is 0 Å². The van der Waals surface area contributed by atoms with Crippen LogP contribution in [0.1, 0.15) is 29.8 Å². The van der Waals surface area contributed by atoms with E-state index in [-0.39, 0.29) is 5.91 Å². The van der Waals surface area contributed by atoms with E-state index in [1.54, 1.807) is 18.2 Å². The number of ether oxygens (including phenoxy) is 2. The maximum absolute atomic E-state index is 12.4. The van der Waals surface area contributed by atoms with E-state index in [2.05, 4.69) is 5.32 Å². The third-order valence-electron chi connectivity index (χ3n) is 3.09. The van der Waals surface area contributed by atoms with Crippen LogP contribution in [-0.2, 0) is 0 Å². The Morgan fingerprint density at radius 2 is 1.82 bits per heavy atom. The Morgan fingerprint density at radius 3 is 2.50 bits per heavy atom. The predicted molar refractivity (Wildman–Crippen MR) is 87.9 cm³/mol. The first-order chi connectivity index (χ1) is 10.6. The highest BCUT2D eigenvalue weighted by molar-refractivity contribution is 6.05. The Labute approximate surface area is 131 Å². The highest BCUT2D eigenvalue weighted by Crippen LogP contribution is 2.30. The highest BCUT2D eigenvalue weighted by atomic mass is 16.5. The summed E-state index contributed by atoms with van der Waals surface area (Å²) in [6.07, 6.45) is 0. The maximum Gasteiger partial charge on any atom is 0.255 e. The Balaban J connectivity index is 2.25. The van der Waals surface area contributed by atoms with Crippen LogP contribution in [0.3, 0.4) is 0 Å². The predicted octanol–water partition coefficient (Wildman–Crippen LogP) is 4.04. The number of anilines is 1. The van der Waals surface area contributed by atoms with E-state index in [4.69, 9.17) is 9.47 Å². The molecule has 2 rings (SSSR count). The fraction of sp³-hybridized carbons (Fsp3) is 0.278. The topological polar surface area (TPSA) is 47.6 Å². The van der Waals surface area contributed by atoms with Gasteiger partial charge in [-0.3, -0.25) is 4.79 Å². The van der Waals surface area contributed by atoms with Gasteiger partial charge in [0.2, 0.25) is 0 Å². The lowest BCUT2D eigenvalue weighted by Gasteiger charge is -2.13. The fourth-order valence-electron chi connectivity index (χ4n) is 2.13. The molecule has 0 aliphatic heterocycles. The van der Waals surface area contributed by atoms with Gasteiger partial charge in [0.05, 0.1) is 18.9 Å². The molecule has 116 valence electrons. The number of aryl methyl sites for hydroxylation is 1. The molecule has 0 aliphatic carbocycles. The fourth-order valence-corrected chi connectivity index (χ4v) is 2.13. The van der Waals surface area contributed by atoms with Crippen molar-refractivity contribution in [1.29, 1.82) is 0 Å². The molecule has 4 heteroatoms. The summed E-state index contributed by atoms with van der Waals surface area (Å²) >= 11 is 0. The molecule has 1 N–H and O–H groups in total. The van der Waals surface area contributed by atoms with Gasteiger partial charge in [-0.1, -0.05) is 17.7 Å². The molecule has 0 spiro atoms. The molecule has 2 aromatic rings. The van der Waals surface area contributed by atoms with E-state index < -0.39 is 0 Å². The molecule has 0 radical (unpaired) electrons. The largest absolute Gasteiger partial charge is 0.494 e. The summed E-state index contributed by atoms with van der Waals surface area (Å²) in [5.74, 6) is 1.16. The van der Waals surface area contributed by atoms with Gasteiger partial charge in [0.25, 0.3) is 5.91 Å². The number of rotatable bonds is 6. The summed E-state index contributed by atoms with van der Waals surface area (Å²) in [5, 5.41) is 2.89. The average molecular weight is 299 g/mol. The molecule has 0 atom stereocenters. The van der Waals surface area contributed by atoms with Crippen molar-refractivity contribution in [2.75, 3.05) is 18.5 Å². The summed E-state index contributed by atoms with van der Waals surface area (Å²) < 4.78 is 11.0. The van der Waals surface area contributed by atoms with Crippen LogP contribution in [0, 0.1) is 6.92 Å².